The first-order valence-corrected chi connectivity index (χ1v) is 8.90. The van der Waals surface area contributed by atoms with Gasteiger partial charge in [0.05, 0.1) is 0 Å². The van der Waals surface area contributed by atoms with Crippen LogP contribution in [0.2, 0.25) is 0 Å². The summed E-state index contributed by atoms with van der Waals surface area (Å²) >= 11 is 0. The Labute approximate surface area is 147 Å². The van der Waals surface area contributed by atoms with Gasteiger partial charge in [0.15, 0.2) is 0 Å². The summed E-state index contributed by atoms with van der Waals surface area (Å²) in [4.78, 5) is 25.6. The van der Waals surface area contributed by atoms with Gasteiger partial charge in [-0.3, -0.25) is 0 Å². The third kappa shape index (κ3) is 12.2. The van der Waals surface area contributed by atoms with Gasteiger partial charge in [-0.1, -0.05) is 25.7 Å². The molecule has 0 aliphatic heterocycles. The molecule has 0 aliphatic carbocycles. The fourth-order valence-electron chi connectivity index (χ4n) is 2.01. The molecule has 0 rings (SSSR count). The summed E-state index contributed by atoms with van der Waals surface area (Å²) in [5.41, 5.74) is 4.16. The van der Waals surface area contributed by atoms with E-state index in [0.29, 0.717) is 6.54 Å². The minimum Gasteiger partial charge on any atom is -0.443 e. The zero-order valence-corrected chi connectivity index (χ0v) is 16.3. The van der Waals surface area contributed by atoms with Gasteiger partial charge in [0, 0.05) is 6.54 Å². The summed E-state index contributed by atoms with van der Waals surface area (Å²) in [5, 5.41) is 0. The molecule has 2 N–H and O–H groups in total. The summed E-state index contributed by atoms with van der Waals surface area (Å²) in [5.74, 6) is 0. The highest BCUT2D eigenvalue weighted by Crippen LogP contribution is 2.15. The van der Waals surface area contributed by atoms with E-state index in [1.807, 2.05) is 0 Å². The lowest BCUT2D eigenvalue weighted by Gasteiger charge is -2.28. The summed E-state index contributed by atoms with van der Waals surface area (Å²) in [6.45, 7) is 11.7. The van der Waals surface area contributed by atoms with E-state index in [9.17, 15) is 9.59 Å². The SMILES string of the molecule is CC(C)(C)OC(=O)N(CCCCCCCCN)C(=O)OC(C)(C)C. The average molecular weight is 344 g/mol. The monoisotopic (exact) mass is 344 g/mol. The number of unbranched alkanes of at least 4 members (excludes halogenated alkanes) is 5. The Kier molecular flexibility index (Phi) is 9.97. The molecule has 0 fully saturated rings. The lowest BCUT2D eigenvalue weighted by Crippen LogP contribution is -2.44. The van der Waals surface area contributed by atoms with Gasteiger partial charge in [0.25, 0.3) is 0 Å². The molecule has 0 aliphatic rings. The highest BCUT2D eigenvalue weighted by Gasteiger charge is 2.30. The first-order chi connectivity index (χ1) is 11.0. The number of nitrogens with two attached hydrogens (primary N) is 1. The molecule has 6 heteroatoms. The van der Waals surface area contributed by atoms with Crippen LogP contribution < -0.4 is 5.73 Å². The molecule has 0 aromatic carbocycles. The predicted molar refractivity (Wildman–Crippen MR) is 95.9 cm³/mol. The van der Waals surface area contributed by atoms with Gasteiger partial charge >= 0.3 is 12.2 Å². The van der Waals surface area contributed by atoms with Crippen LogP contribution in [-0.2, 0) is 9.47 Å². The third-order valence-electron chi connectivity index (χ3n) is 3.06. The van der Waals surface area contributed by atoms with Gasteiger partial charge < -0.3 is 15.2 Å². The lowest BCUT2D eigenvalue weighted by atomic mass is 10.1. The summed E-state index contributed by atoms with van der Waals surface area (Å²) in [6.07, 6.45) is 4.74. The molecule has 0 saturated heterocycles. The van der Waals surface area contributed by atoms with E-state index in [-0.39, 0.29) is 0 Å². The number of amides is 2. The van der Waals surface area contributed by atoms with Crippen LogP contribution in [0.5, 0.6) is 0 Å². The number of hydrogen-bond acceptors (Lipinski definition) is 5. The number of carbonyl (C=O) groups excluding carboxylic acids is 2. The van der Waals surface area contributed by atoms with Crippen molar-refractivity contribution in [2.45, 2.75) is 91.3 Å². The molecular formula is C18H36N2O4. The highest BCUT2D eigenvalue weighted by molar-refractivity contribution is 5.88. The van der Waals surface area contributed by atoms with Gasteiger partial charge in [-0.25, -0.2) is 14.5 Å². The maximum absolute atomic E-state index is 12.3. The van der Waals surface area contributed by atoms with Crippen molar-refractivity contribution in [3.05, 3.63) is 0 Å². The van der Waals surface area contributed by atoms with Crippen molar-refractivity contribution < 1.29 is 19.1 Å². The molecular weight excluding hydrogens is 308 g/mol. The van der Waals surface area contributed by atoms with Crippen LogP contribution in [0.1, 0.15) is 80.1 Å². The molecule has 0 atom stereocenters. The Morgan fingerprint density at radius 2 is 1.12 bits per heavy atom. The van der Waals surface area contributed by atoms with E-state index < -0.39 is 23.4 Å². The van der Waals surface area contributed by atoms with Crippen molar-refractivity contribution in [2.75, 3.05) is 13.1 Å². The van der Waals surface area contributed by atoms with Crippen LogP contribution >= 0.6 is 0 Å². The zero-order valence-electron chi connectivity index (χ0n) is 16.3. The van der Waals surface area contributed by atoms with Crippen molar-refractivity contribution in [2.24, 2.45) is 5.73 Å². The van der Waals surface area contributed by atoms with Crippen LogP contribution in [0.15, 0.2) is 0 Å². The molecule has 0 saturated carbocycles. The fourth-order valence-corrected chi connectivity index (χ4v) is 2.01. The maximum atomic E-state index is 12.3. The summed E-state index contributed by atoms with van der Waals surface area (Å²) in [6, 6.07) is 0. The maximum Gasteiger partial charge on any atom is 0.419 e. The molecule has 6 nitrogen and oxygen atoms in total. The molecule has 0 aromatic heterocycles. The predicted octanol–water partition coefficient (Wildman–Crippen LogP) is 4.46. The van der Waals surface area contributed by atoms with Crippen molar-refractivity contribution in [3.8, 4) is 0 Å². The standard InChI is InChI=1S/C18H36N2O4/c1-17(2,3)23-15(21)20(16(22)24-18(4,5)6)14-12-10-8-7-9-11-13-19/h7-14,19H2,1-6H3. The van der Waals surface area contributed by atoms with Gasteiger partial charge in [0.2, 0.25) is 0 Å². The van der Waals surface area contributed by atoms with E-state index >= 15 is 0 Å². The average Bonchev–Trinajstić information content (AvgIpc) is 2.37. The van der Waals surface area contributed by atoms with E-state index in [0.717, 1.165) is 50.0 Å². The van der Waals surface area contributed by atoms with E-state index in [1.54, 1.807) is 41.5 Å². The summed E-state index contributed by atoms with van der Waals surface area (Å²) < 4.78 is 10.6. The second-order valence-electron chi connectivity index (χ2n) is 8.02. The number of carbonyl (C=O) groups is 2. The molecule has 2 amide bonds. The second-order valence-corrected chi connectivity index (χ2v) is 8.02. The van der Waals surface area contributed by atoms with Gasteiger partial charge in [-0.05, 0) is 60.9 Å². The molecule has 142 valence electrons. The van der Waals surface area contributed by atoms with Crippen LogP contribution in [0.25, 0.3) is 0 Å². The van der Waals surface area contributed by atoms with E-state index in [2.05, 4.69) is 0 Å². The Balaban J connectivity index is 4.53. The molecule has 0 heterocycles. The van der Waals surface area contributed by atoms with Crippen LogP contribution in [-0.4, -0.2) is 41.4 Å². The topological polar surface area (TPSA) is 81.9 Å². The first kappa shape index (κ1) is 22.7. The van der Waals surface area contributed by atoms with Gasteiger partial charge in [-0.15, -0.1) is 0 Å². The molecule has 0 unspecified atom stereocenters. The highest BCUT2D eigenvalue weighted by atomic mass is 16.6. The van der Waals surface area contributed by atoms with Crippen molar-refractivity contribution in [1.29, 1.82) is 0 Å². The van der Waals surface area contributed by atoms with Crippen LogP contribution in [0.4, 0.5) is 9.59 Å². The molecule has 0 spiro atoms. The second kappa shape index (κ2) is 10.5. The molecule has 24 heavy (non-hydrogen) atoms. The minimum absolute atomic E-state index is 0.306. The fraction of sp³-hybridized carbons (Fsp3) is 0.889. The number of nitrogens with zero attached hydrogens (tertiary/aromatic N) is 1. The quantitative estimate of drug-likeness (QED) is 0.657. The Hall–Kier alpha value is -1.30. The Morgan fingerprint density at radius 3 is 1.50 bits per heavy atom. The molecule has 0 bridgehead atoms. The van der Waals surface area contributed by atoms with Gasteiger partial charge in [0.1, 0.15) is 11.2 Å². The number of rotatable bonds is 8. The van der Waals surface area contributed by atoms with E-state index in [1.165, 1.54) is 0 Å². The van der Waals surface area contributed by atoms with Crippen molar-refractivity contribution >= 4 is 12.2 Å². The summed E-state index contributed by atoms with van der Waals surface area (Å²) in [7, 11) is 0. The number of ether oxygens (including phenoxy) is 2. The molecule has 0 aromatic rings. The normalized spacial score (nSPS) is 12.0. The largest absolute Gasteiger partial charge is 0.443 e. The van der Waals surface area contributed by atoms with E-state index in [4.69, 9.17) is 15.2 Å². The van der Waals surface area contributed by atoms with Gasteiger partial charge in [-0.2, -0.15) is 0 Å². The number of hydrogen-bond donors (Lipinski definition) is 1. The number of imide groups is 1. The van der Waals surface area contributed by atoms with Crippen molar-refractivity contribution in [3.63, 3.8) is 0 Å². The third-order valence-corrected chi connectivity index (χ3v) is 3.06. The first-order valence-electron chi connectivity index (χ1n) is 8.90. The minimum atomic E-state index is -0.653. The smallest absolute Gasteiger partial charge is 0.419 e. The Morgan fingerprint density at radius 1 is 0.750 bits per heavy atom. The molecule has 0 radical (unpaired) electrons. The Bertz CT molecular complexity index is 355. The lowest BCUT2D eigenvalue weighted by molar-refractivity contribution is 0.00118. The van der Waals surface area contributed by atoms with Crippen molar-refractivity contribution in [1.82, 2.24) is 4.90 Å². The zero-order chi connectivity index (χ0) is 18.8. The van der Waals surface area contributed by atoms with Crippen LogP contribution in [0, 0.1) is 0 Å². The van der Waals surface area contributed by atoms with Crippen LogP contribution in [0.3, 0.4) is 0 Å².